The lowest BCUT2D eigenvalue weighted by molar-refractivity contribution is -0.132. The number of phenols is 2. The summed E-state index contributed by atoms with van der Waals surface area (Å²) in [6.07, 6.45) is 1.76. The number of carbonyl (C=O) groups is 1. The van der Waals surface area contributed by atoms with Crippen LogP contribution in [0, 0.1) is 0 Å². The van der Waals surface area contributed by atoms with Gasteiger partial charge in [0, 0.05) is 48.8 Å². The number of hydrogen-bond acceptors (Lipinski definition) is 5. The van der Waals surface area contributed by atoms with Crippen molar-refractivity contribution in [3.05, 3.63) is 28.4 Å². The Balaban J connectivity index is 0.00000225. The molecular formula is C16H20Cl2N4O3. The van der Waals surface area contributed by atoms with Crippen LogP contribution >= 0.6 is 24.0 Å². The number of rotatable bonds is 4. The summed E-state index contributed by atoms with van der Waals surface area (Å²) in [6, 6.07) is 2.66. The van der Waals surface area contributed by atoms with Gasteiger partial charge in [-0.15, -0.1) is 12.4 Å². The molecule has 1 aliphatic heterocycles. The van der Waals surface area contributed by atoms with Gasteiger partial charge in [0.05, 0.1) is 5.02 Å². The summed E-state index contributed by atoms with van der Waals surface area (Å²) in [6.45, 7) is 1.53. The second-order valence-electron chi connectivity index (χ2n) is 5.81. The number of carbonyl (C=O) groups excluding carboxylic acids is 1. The first-order valence-corrected chi connectivity index (χ1v) is 8.15. The van der Waals surface area contributed by atoms with Crippen LogP contribution in [0.2, 0.25) is 5.02 Å². The van der Waals surface area contributed by atoms with E-state index in [9.17, 15) is 15.0 Å². The molecule has 1 aliphatic rings. The third-order valence-corrected chi connectivity index (χ3v) is 4.50. The minimum Gasteiger partial charge on any atom is -0.507 e. The summed E-state index contributed by atoms with van der Waals surface area (Å²) in [5.74, 6) is -0.245. The van der Waals surface area contributed by atoms with Gasteiger partial charge in [-0.05, 0) is 19.0 Å². The van der Waals surface area contributed by atoms with Gasteiger partial charge in [-0.3, -0.25) is 9.89 Å². The Bertz CT molecular complexity index is 779. The molecule has 0 radical (unpaired) electrons. The molecule has 1 amide bonds. The first-order valence-electron chi connectivity index (χ1n) is 7.77. The molecule has 0 bridgehead atoms. The molecule has 0 fully saturated rings. The minimum atomic E-state index is -0.194. The van der Waals surface area contributed by atoms with Gasteiger partial charge in [0.2, 0.25) is 5.91 Å². The fourth-order valence-corrected chi connectivity index (χ4v) is 3.05. The maximum absolute atomic E-state index is 12.2. The van der Waals surface area contributed by atoms with Crippen molar-refractivity contribution in [1.82, 2.24) is 15.1 Å². The Kier molecular flexibility index (Phi) is 6.16. The Morgan fingerprint density at radius 3 is 2.84 bits per heavy atom. The zero-order chi connectivity index (χ0) is 17.3. The SMILES string of the molecule is Cl.NCCCC(=O)N1CCc2[nH]nc(-c3cc(Cl)c(O)cc3O)c2C1. The van der Waals surface area contributed by atoms with Gasteiger partial charge in [0.15, 0.2) is 0 Å². The fraction of sp³-hybridized carbons (Fsp3) is 0.375. The Labute approximate surface area is 156 Å². The van der Waals surface area contributed by atoms with Crippen LogP contribution in [0.4, 0.5) is 0 Å². The van der Waals surface area contributed by atoms with E-state index in [-0.39, 0.29) is 34.8 Å². The Morgan fingerprint density at radius 2 is 2.12 bits per heavy atom. The second kappa shape index (κ2) is 7.95. The quantitative estimate of drug-likeness (QED) is 0.642. The molecule has 2 heterocycles. The lowest BCUT2D eigenvalue weighted by atomic mass is 10.00. The van der Waals surface area contributed by atoms with E-state index in [4.69, 9.17) is 17.3 Å². The summed E-state index contributed by atoms with van der Waals surface area (Å²) >= 11 is 5.95. The van der Waals surface area contributed by atoms with Crippen LogP contribution < -0.4 is 5.73 Å². The van der Waals surface area contributed by atoms with E-state index in [0.717, 1.165) is 11.3 Å². The molecule has 0 atom stereocenters. The number of nitrogens with one attached hydrogen (secondary N) is 1. The molecule has 0 saturated heterocycles. The van der Waals surface area contributed by atoms with E-state index in [2.05, 4.69) is 10.2 Å². The number of fused-ring (bicyclic) bond motifs is 1. The molecule has 25 heavy (non-hydrogen) atoms. The normalized spacial score (nSPS) is 13.3. The standard InChI is InChI=1S/C16H19ClN4O3.ClH/c17-11-6-9(13(22)7-14(11)23)16-10-8-21(15(24)2-1-4-18)5-3-12(10)19-20-16;/h6-7,22-23H,1-5,8,18H2,(H,19,20);1H. The number of H-pyrrole nitrogens is 1. The van der Waals surface area contributed by atoms with Crippen molar-refractivity contribution in [2.45, 2.75) is 25.8 Å². The number of aromatic hydroxyl groups is 2. The molecule has 0 aliphatic carbocycles. The van der Waals surface area contributed by atoms with Crippen LogP contribution in [-0.2, 0) is 17.8 Å². The average Bonchev–Trinajstić information content (AvgIpc) is 2.98. The molecular weight excluding hydrogens is 367 g/mol. The highest BCUT2D eigenvalue weighted by Gasteiger charge is 2.26. The number of halogens is 2. The maximum atomic E-state index is 12.2. The van der Waals surface area contributed by atoms with Crippen molar-refractivity contribution in [1.29, 1.82) is 0 Å². The number of nitrogens with two attached hydrogens (primary N) is 1. The third kappa shape index (κ3) is 3.84. The number of amides is 1. The van der Waals surface area contributed by atoms with E-state index in [1.165, 1.54) is 12.1 Å². The van der Waals surface area contributed by atoms with E-state index in [1.54, 1.807) is 4.90 Å². The topological polar surface area (TPSA) is 115 Å². The van der Waals surface area contributed by atoms with Gasteiger partial charge in [-0.25, -0.2) is 0 Å². The number of nitrogens with zero attached hydrogens (tertiary/aromatic N) is 2. The van der Waals surface area contributed by atoms with Crippen molar-refractivity contribution < 1.29 is 15.0 Å². The molecule has 2 aromatic rings. The number of hydrogen-bond donors (Lipinski definition) is 4. The van der Waals surface area contributed by atoms with Crippen LogP contribution in [0.5, 0.6) is 11.5 Å². The smallest absolute Gasteiger partial charge is 0.222 e. The van der Waals surface area contributed by atoms with Crippen molar-refractivity contribution >= 4 is 29.9 Å². The zero-order valence-electron chi connectivity index (χ0n) is 13.5. The van der Waals surface area contributed by atoms with Crippen molar-refractivity contribution in [3.63, 3.8) is 0 Å². The first kappa shape index (κ1) is 19.4. The van der Waals surface area contributed by atoms with Crippen molar-refractivity contribution in [3.8, 4) is 22.8 Å². The second-order valence-corrected chi connectivity index (χ2v) is 6.21. The predicted molar refractivity (Wildman–Crippen MR) is 97.0 cm³/mol. The monoisotopic (exact) mass is 386 g/mol. The van der Waals surface area contributed by atoms with E-state index >= 15 is 0 Å². The summed E-state index contributed by atoms with van der Waals surface area (Å²) in [4.78, 5) is 14.0. The molecule has 1 aromatic carbocycles. The Morgan fingerprint density at radius 1 is 1.36 bits per heavy atom. The molecule has 5 N–H and O–H groups in total. The molecule has 0 unspecified atom stereocenters. The molecule has 9 heteroatoms. The molecule has 7 nitrogen and oxygen atoms in total. The van der Waals surface area contributed by atoms with Crippen LogP contribution in [0.15, 0.2) is 12.1 Å². The van der Waals surface area contributed by atoms with Crippen molar-refractivity contribution in [2.75, 3.05) is 13.1 Å². The summed E-state index contributed by atoms with van der Waals surface area (Å²) in [5, 5.41) is 27.1. The van der Waals surface area contributed by atoms with Gasteiger partial charge in [-0.1, -0.05) is 11.6 Å². The van der Waals surface area contributed by atoms with Crippen molar-refractivity contribution in [2.24, 2.45) is 5.73 Å². The molecule has 3 rings (SSSR count). The molecule has 136 valence electrons. The van der Waals surface area contributed by atoms with Crippen LogP contribution in [0.1, 0.15) is 24.1 Å². The number of phenolic OH excluding ortho intramolecular Hbond substituents is 2. The van der Waals surface area contributed by atoms with Gasteiger partial charge >= 0.3 is 0 Å². The predicted octanol–water partition coefficient (Wildman–Crippen LogP) is 2.19. The zero-order valence-corrected chi connectivity index (χ0v) is 15.0. The van der Waals surface area contributed by atoms with Crippen LogP contribution in [-0.4, -0.2) is 44.3 Å². The highest BCUT2D eigenvalue weighted by molar-refractivity contribution is 6.32. The van der Waals surface area contributed by atoms with Crippen LogP contribution in [0.25, 0.3) is 11.3 Å². The first-order chi connectivity index (χ1) is 11.5. The van der Waals surface area contributed by atoms with Gasteiger partial charge in [0.25, 0.3) is 0 Å². The lowest BCUT2D eigenvalue weighted by Crippen LogP contribution is -2.36. The fourth-order valence-electron chi connectivity index (χ4n) is 2.88. The molecule has 0 spiro atoms. The molecule has 0 saturated carbocycles. The largest absolute Gasteiger partial charge is 0.507 e. The van der Waals surface area contributed by atoms with E-state index in [1.807, 2.05) is 0 Å². The van der Waals surface area contributed by atoms with E-state index in [0.29, 0.717) is 50.2 Å². The Hall–Kier alpha value is -1.96. The highest BCUT2D eigenvalue weighted by Crippen LogP contribution is 2.39. The number of benzene rings is 1. The van der Waals surface area contributed by atoms with Gasteiger partial charge < -0.3 is 20.8 Å². The summed E-state index contributed by atoms with van der Waals surface area (Å²) in [7, 11) is 0. The minimum absolute atomic E-state index is 0. The number of aromatic nitrogens is 2. The maximum Gasteiger partial charge on any atom is 0.222 e. The highest BCUT2D eigenvalue weighted by atomic mass is 35.5. The van der Waals surface area contributed by atoms with E-state index < -0.39 is 0 Å². The van der Waals surface area contributed by atoms with Gasteiger partial charge in [0.1, 0.15) is 17.2 Å². The summed E-state index contributed by atoms with van der Waals surface area (Å²) in [5.41, 5.74) is 8.23. The molecule has 1 aromatic heterocycles. The third-order valence-electron chi connectivity index (χ3n) is 4.20. The van der Waals surface area contributed by atoms with Gasteiger partial charge in [-0.2, -0.15) is 5.10 Å². The average molecular weight is 387 g/mol. The summed E-state index contributed by atoms with van der Waals surface area (Å²) < 4.78 is 0. The number of aromatic amines is 1. The lowest BCUT2D eigenvalue weighted by Gasteiger charge is -2.27. The van der Waals surface area contributed by atoms with Crippen LogP contribution in [0.3, 0.4) is 0 Å².